The Morgan fingerprint density at radius 2 is 2.08 bits per heavy atom. The Hall–Kier alpha value is -2.42. The highest BCUT2D eigenvalue weighted by Crippen LogP contribution is 2.46. The summed E-state index contributed by atoms with van der Waals surface area (Å²) in [6.45, 7) is 1.16. The second-order valence-corrected chi connectivity index (χ2v) is 9.07. The van der Waals surface area contributed by atoms with Crippen LogP contribution in [0.15, 0.2) is 36.8 Å². The molecule has 1 atom stereocenters. The summed E-state index contributed by atoms with van der Waals surface area (Å²) < 4.78 is 35.6. The third-order valence-electron chi connectivity index (χ3n) is 5.25. The number of pyridine rings is 1. The fourth-order valence-corrected chi connectivity index (χ4v) is 6.10. The molecule has 0 aliphatic carbocycles. The predicted octanol–water partition coefficient (Wildman–Crippen LogP) is 0.953. The summed E-state index contributed by atoms with van der Waals surface area (Å²) in [7, 11) is -1.64. The average Bonchev–Trinajstić information content (AvgIpc) is 2.90. The third-order valence-corrected chi connectivity index (χ3v) is 7.85. The first-order chi connectivity index (χ1) is 12.5. The zero-order chi connectivity index (χ0) is 18.2. The molecule has 4 heterocycles. The monoisotopic (exact) mass is 376 g/mol. The molecule has 138 valence electrons. The number of ether oxygens (including phenoxy) is 2. The second-order valence-electron chi connectivity index (χ2n) is 6.62. The topological polar surface area (TPSA) is 94.5 Å². The van der Waals surface area contributed by atoms with E-state index in [1.165, 1.54) is 13.4 Å². The van der Waals surface area contributed by atoms with Gasteiger partial charge in [0.2, 0.25) is 11.8 Å². The minimum atomic E-state index is -3.18. The number of anilines is 1. The standard InChI is InChI=1S/C17H20N4O4S/c1-24-16-8-14(19-12-20-16)21-10-17(11-21)13(5-7-26(17,22)23)9-25-15-4-2-3-6-18-15/h2-4,6,8,12-13H,5,7,9-11H2,1H3. The van der Waals surface area contributed by atoms with E-state index in [2.05, 4.69) is 15.0 Å². The molecule has 2 aromatic rings. The maximum atomic E-state index is 12.7. The molecule has 2 fully saturated rings. The summed E-state index contributed by atoms with van der Waals surface area (Å²) in [6, 6.07) is 7.15. The van der Waals surface area contributed by atoms with Crippen LogP contribution in [-0.4, -0.2) is 60.7 Å². The van der Waals surface area contributed by atoms with Gasteiger partial charge in [-0.25, -0.2) is 23.4 Å². The van der Waals surface area contributed by atoms with Gasteiger partial charge in [-0.05, 0) is 12.5 Å². The Morgan fingerprint density at radius 1 is 1.23 bits per heavy atom. The molecule has 8 nitrogen and oxygen atoms in total. The molecule has 0 amide bonds. The number of methoxy groups -OCH3 is 1. The van der Waals surface area contributed by atoms with E-state index in [1.807, 2.05) is 17.0 Å². The number of aromatic nitrogens is 3. The molecule has 0 bridgehead atoms. The zero-order valence-electron chi connectivity index (χ0n) is 14.4. The van der Waals surface area contributed by atoms with Crippen LogP contribution in [0.25, 0.3) is 0 Å². The lowest BCUT2D eigenvalue weighted by atomic mass is 9.83. The fourth-order valence-electron chi connectivity index (χ4n) is 3.70. The van der Waals surface area contributed by atoms with Crippen molar-refractivity contribution < 1.29 is 17.9 Å². The average molecular weight is 376 g/mol. The van der Waals surface area contributed by atoms with E-state index in [0.29, 0.717) is 43.7 Å². The molecule has 1 unspecified atom stereocenters. The van der Waals surface area contributed by atoms with Crippen molar-refractivity contribution in [2.75, 3.05) is 37.5 Å². The van der Waals surface area contributed by atoms with Crippen LogP contribution in [0.5, 0.6) is 11.8 Å². The van der Waals surface area contributed by atoms with Gasteiger partial charge in [0.1, 0.15) is 16.9 Å². The first-order valence-corrected chi connectivity index (χ1v) is 10.1. The number of hydrogen-bond acceptors (Lipinski definition) is 8. The number of nitrogens with zero attached hydrogens (tertiary/aromatic N) is 4. The largest absolute Gasteiger partial charge is 0.481 e. The summed E-state index contributed by atoms with van der Waals surface area (Å²) in [5, 5.41) is 0. The van der Waals surface area contributed by atoms with Crippen molar-refractivity contribution in [3.8, 4) is 11.8 Å². The van der Waals surface area contributed by atoms with Gasteiger partial charge in [0.25, 0.3) is 0 Å². The molecule has 0 aromatic carbocycles. The minimum Gasteiger partial charge on any atom is -0.481 e. The first-order valence-electron chi connectivity index (χ1n) is 8.41. The van der Waals surface area contributed by atoms with E-state index in [-0.39, 0.29) is 11.7 Å². The Bertz CT molecular complexity index is 885. The molecule has 2 aliphatic rings. The molecule has 2 aliphatic heterocycles. The molecule has 9 heteroatoms. The Balaban J connectivity index is 1.49. The number of hydrogen-bond donors (Lipinski definition) is 0. The molecule has 1 spiro atoms. The van der Waals surface area contributed by atoms with E-state index in [9.17, 15) is 8.42 Å². The number of sulfone groups is 1. The summed E-state index contributed by atoms with van der Waals surface area (Å²) in [4.78, 5) is 14.3. The van der Waals surface area contributed by atoms with Gasteiger partial charge in [-0.2, -0.15) is 0 Å². The van der Waals surface area contributed by atoms with Gasteiger partial charge in [0.15, 0.2) is 9.84 Å². The van der Waals surface area contributed by atoms with E-state index in [0.717, 1.165) is 0 Å². The third kappa shape index (κ3) is 2.76. The van der Waals surface area contributed by atoms with Gasteiger partial charge in [0, 0.05) is 37.3 Å². The Morgan fingerprint density at radius 3 is 2.81 bits per heavy atom. The van der Waals surface area contributed by atoms with E-state index in [1.54, 1.807) is 18.3 Å². The van der Waals surface area contributed by atoms with Gasteiger partial charge in [-0.1, -0.05) is 6.07 Å². The number of rotatable bonds is 5. The highest BCUT2D eigenvalue weighted by molar-refractivity contribution is 7.93. The maximum Gasteiger partial charge on any atom is 0.218 e. The summed E-state index contributed by atoms with van der Waals surface area (Å²) in [5.41, 5.74) is 0. The van der Waals surface area contributed by atoms with Gasteiger partial charge >= 0.3 is 0 Å². The smallest absolute Gasteiger partial charge is 0.218 e. The Labute approximate surface area is 152 Å². The highest BCUT2D eigenvalue weighted by Gasteiger charge is 2.62. The van der Waals surface area contributed by atoms with Crippen molar-refractivity contribution in [1.29, 1.82) is 0 Å². The summed E-state index contributed by atoms with van der Waals surface area (Å²) in [6.07, 6.45) is 3.68. The van der Waals surface area contributed by atoms with E-state index >= 15 is 0 Å². The molecular formula is C17H20N4O4S. The minimum absolute atomic E-state index is 0.0607. The van der Waals surface area contributed by atoms with Crippen LogP contribution in [0.2, 0.25) is 0 Å². The molecule has 0 N–H and O–H groups in total. The molecule has 2 aromatic heterocycles. The maximum absolute atomic E-state index is 12.7. The van der Waals surface area contributed by atoms with Crippen molar-refractivity contribution in [2.24, 2.45) is 5.92 Å². The quantitative estimate of drug-likeness (QED) is 0.761. The molecule has 26 heavy (non-hydrogen) atoms. The highest BCUT2D eigenvalue weighted by atomic mass is 32.2. The lowest BCUT2D eigenvalue weighted by Crippen LogP contribution is -2.68. The van der Waals surface area contributed by atoms with Crippen LogP contribution >= 0.6 is 0 Å². The van der Waals surface area contributed by atoms with Crippen LogP contribution < -0.4 is 14.4 Å². The van der Waals surface area contributed by atoms with Crippen molar-refractivity contribution in [3.05, 3.63) is 36.8 Å². The molecule has 0 radical (unpaired) electrons. The second kappa shape index (κ2) is 6.39. The van der Waals surface area contributed by atoms with Crippen LogP contribution in [-0.2, 0) is 9.84 Å². The van der Waals surface area contributed by atoms with Crippen LogP contribution in [0.1, 0.15) is 6.42 Å². The molecular weight excluding hydrogens is 356 g/mol. The van der Waals surface area contributed by atoms with E-state index in [4.69, 9.17) is 9.47 Å². The van der Waals surface area contributed by atoms with Crippen molar-refractivity contribution in [3.63, 3.8) is 0 Å². The first kappa shape index (κ1) is 17.0. The SMILES string of the molecule is COc1cc(N2CC3(C2)C(COc2ccccn2)CCS3(=O)=O)ncn1. The fraction of sp³-hybridized carbons (Fsp3) is 0.471. The van der Waals surface area contributed by atoms with Gasteiger partial charge in [-0.3, -0.25) is 0 Å². The van der Waals surface area contributed by atoms with Crippen LogP contribution in [0, 0.1) is 5.92 Å². The molecule has 4 rings (SSSR count). The lowest BCUT2D eigenvalue weighted by molar-refractivity contribution is 0.188. The summed E-state index contributed by atoms with van der Waals surface area (Å²) in [5.74, 6) is 1.79. The van der Waals surface area contributed by atoms with Gasteiger partial charge in [0.05, 0.1) is 19.5 Å². The van der Waals surface area contributed by atoms with Crippen LogP contribution in [0.4, 0.5) is 5.82 Å². The summed E-state index contributed by atoms with van der Waals surface area (Å²) >= 11 is 0. The normalized spacial score (nSPS) is 22.8. The predicted molar refractivity (Wildman–Crippen MR) is 95.2 cm³/mol. The van der Waals surface area contributed by atoms with Crippen molar-refractivity contribution in [2.45, 2.75) is 11.2 Å². The van der Waals surface area contributed by atoms with Gasteiger partial charge in [-0.15, -0.1) is 0 Å². The zero-order valence-corrected chi connectivity index (χ0v) is 15.2. The van der Waals surface area contributed by atoms with E-state index < -0.39 is 14.6 Å². The van der Waals surface area contributed by atoms with Gasteiger partial charge < -0.3 is 14.4 Å². The van der Waals surface area contributed by atoms with Crippen LogP contribution in [0.3, 0.4) is 0 Å². The molecule has 2 saturated heterocycles. The lowest BCUT2D eigenvalue weighted by Gasteiger charge is -2.50. The van der Waals surface area contributed by atoms with Crippen molar-refractivity contribution in [1.82, 2.24) is 15.0 Å². The van der Waals surface area contributed by atoms with Crippen molar-refractivity contribution >= 4 is 15.7 Å². The molecule has 0 saturated carbocycles. The Kier molecular flexibility index (Phi) is 4.18.